The zero-order valence-corrected chi connectivity index (χ0v) is 16.2. The van der Waals surface area contributed by atoms with E-state index in [1.165, 1.54) is 6.07 Å². The van der Waals surface area contributed by atoms with Crippen LogP contribution in [0.4, 0.5) is 0 Å². The lowest BCUT2D eigenvalue weighted by Crippen LogP contribution is -2.22. The Morgan fingerprint density at radius 2 is 1.76 bits per heavy atom. The minimum absolute atomic E-state index is 0.0222. The smallest absolute Gasteiger partial charge is 0.335 e. The topological polar surface area (TPSA) is 69.6 Å². The molecular formula is C25H27NO3. The van der Waals surface area contributed by atoms with Gasteiger partial charge in [0.2, 0.25) is 0 Å². The predicted octanol–water partition coefficient (Wildman–Crippen LogP) is 4.62. The van der Waals surface area contributed by atoms with Gasteiger partial charge in [0.15, 0.2) is 0 Å². The van der Waals surface area contributed by atoms with Crippen molar-refractivity contribution in [2.45, 2.75) is 25.9 Å². The molecule has 29 heavy (non-hydrogen) atoms. The van der Waals surface area contributed by atoms with Crippen molar-refractivity contribution in [3.8, 4) is 11.1 Å². The first kappa shape index (κ1) is 15.9. The lowest BCUT2D eigenvalue weighted by atomic mass is 9.99. The van der Waals surface area contributed by atoms with Crippen molar-refractivity contribution in [1.29, 1.82) is 0 Å². The van der Waals surface area contributed by atoms with Gasteiger partial charge in [-0.3, -0.25) is 0 Å². The van der Waals surface area contributed by atoms with Crippen molar-refractivity contribution in [2.24, 2.45) is 0 Å². The Bertz CT molecular complexity index is 1130. The summed E-state index contributed by atoms with van der Waals surface area (Å²) in [5.41, 5.74) is 3.83. The second-order valence-corrected chi connectivity index (χ2v) is 6.85. The van der Waals surface area contributed by atoms with E-state index in [2.05, 4.69) is 5.32 Å². The van der Waals surface area contributed by atoms with E-state index in [9.17, 15) is 15.0 Å². The Hall–Kier alpha value is -2.95. The largest absolute Gasteiger partial charge is 0.478 e. The van der Waals surface area contributed by atoms with Gasteiger partial charge in [-0.1, -0.05) is 66.2 Å². The molecule has 0 amide bonds. The second kappa shape index (κ2) is 10.0. The number of aliphatic hydroxyl groups is 1. The first-order chi connectivity index (χ1) is 15.5. The van der Waals surface area contributed by atoms with Gasteiger partial charge in [-0.05, 0) is 60.6 Å². The average molecular weight is 394 g/mol. The van der Waals surface area contributed by atoms with Gasteiger partial charge in [0, 0.05) is 12.0 Å². The van der Waals surface area contributed by atoms with E-state index < -0.39 is 25.1 Å². The third-order valence-electron chi connectivity index (χ3n) is 4.56. The summed E-state index contributed by atoms with van der Waals surface area (Å²) in [5.74, 6) is -1.01. The summed E-state index contributed by atoms with van der Waals surface area (Å²) in [6.07, 6.45) is -1.23. The molecule has 0 aliphatic carbocycles. The van der Waals surface area contributed by atoms with E-state index in [0.717, 1.165) is 22.3 Å². The number of carboxylic acid groups (broad SMARTS) is 1. The van der Waals surface area contributed by atoms with Crippen LogP contribution in [0.25, 0.3) is 11.1 Å². The fraction of sp³-hybridized carbons (Fsp3) is 0.240. The number of hydrogen-bond donors (Lipinski definition) is 3. The van der Waals surface area contributed by atoms with Gasteiger partial charge in [0.1, 0.15) is 0 Å². The molecule has 4 heteroatoms. The van der Waals surface area contributed by atoms with Gasteiger partial charge >= 0.3 is 5.97 Å². The van der Waals surface area contributed by atoms with Crippen molar-refractivity contribution in [1.82, 2.24) is 5.32 Å². The summed E-state index contributed by atoms with van der Waals surface area (Å²) in [5, 5.41) is 22.0. The molecule has 0 radical (unpaired) electrons. The van der Waals surface area contributed by atoms with Crippen LogP contribution in [0.15, 0.2) is 72.8 Å². The van der Waals surface area contributed by atoms with Crippen molar-refractivity contribution < 1.29 is 20.5 Å². The number of hydrogen-bond acceptors (Lipinski definition) is 3. The van der Waals surface area contributed by atoms with Crippen LogP contribution in [0.2, 0.25) is 0 Å². The Morgan fingerprint density at radius 1 is 1.03 bits per heavy atom. The first-order valence-corrected chi connectivity index (χ1v) is 9.43. The third-order valence-corrected chi connectivity index (χ3v) is 4.56. The number of nitrogens with one attached hydrogen (secondary N) is 1. The maximum atomic E-state index is 11.2. The van der Waals surface area contributed by atoms with Crippen LogP contribution >= 0.6 is 0 Å². The second-order valence-electron chi connectivity index (χ2n) is 6.85. The summed E-state index contributed by atoms with van der Waals surface area (Å²) in [4.78, 5) is 11.2. The van der Waals surface area contributed by atoms with Gasteiger partial charge in [-0.15, -0.1) is 0 Å². The first-order valence-electron chi connectivity index (χ1n) is 11.4. The van der Waals surface area contributed by atoms with E-state index in [1.54, 1.807) is 30.3 Å². The van der Waals surface area contributed by atoms with Crippen molar-refractivity contribution in [3.63, 3.8) is 0 Å². The molecule has 0 aliphatic heterocycles. The summed E-state index contributed by atoms with van der Waals surface area (Å²) in [6, 6.07) is 20.8. The number of carboxylic acids is 1. The normalized spacial score (nSPS) is 15.0. The van der Waals surface area contributed by atoms with Gasteiger partial charge < -0.3 is 15.5 Å². The molecule has 0 saturated heterocycles. The fourth-order valence-electron chi connectivity index (χ4n) is 3.05. The van der Waals surface area contributed by atoms with Gasteiger partial charge in [-0.2, -0.15) is 0 Å². The molecule has 0 saturated carbocycles. The van der Waals surface area contributed by atoms with Crippen LogP contribution < -0.4 is 5.32 Å². The van der Waals surface area contributed by atoms with Crippen molar-refractivity contribution in [3.05, 3.63) is 95.1 Å². The van der Waals surface area contributed by atoms with Crippen LogP contribution in [0, 0.1) is 6.92 Å². The highest BCUT2D eigenvalue weighted by atomic mass is 16.4. The monoisotopic (exact) mass is 393 g/mol. The maximum absolute atomic E-state index is 11.2. The molecule has 4 nitrogen and oxygen atoms in total. The summed E-state index contributed by atoms with van der Waals surface area (Å²) >= 11 is 0. The molecule has 3 N–H and O–H groups in total. The van der Waals surface area contributed by atoms with Gasteiger partial charge in [0.25, 0.3) is 0 Å². The molecule has 150 valence electrons. The van der Waals surface area contributed by atoms with Crippen LogP contribution in [0.3, 0.4) is 0 Å². The molecule has 0 heterocycles. The summed E-state index contributed by atoms with van der Waals surface area (Å²) in [7, 11) is 0. The molecule has 0 aliphatic rings. The van der Waals surface area contributed by atoms with E-state index in [-0.39, 0.29) is 12.0 Å². The lowest BCUT2D eigenvalue weighted by Gasteiger charge is -2.13. The highest BCUT2D eigenvalue weighted by molar-refractivity contribution is 5.89. The zero-order chi connectivity index (χ0) is 24.2. The number of benzene rings is 3. The number of aliphatic hydroxyl groups excluding tert-OH is 1. The molecule has 3 aromatic carbocycles. The molecule has 3 rings (SSSR count). The van der Waals surface area contributed by atoms with E-state index in [0.29, 0.717) is 12.0 Å². The summed E-state index contributed by atoms with van der Waals surface area (Å²) in [6.45, 7) is -2.62. The van der Waals surface area contributed by atoms with Crippen LogP contribution in [0.1, 0.15) is 45.1 Å². The standard InChI is InChI=1S/C25H27NO3/c1-18-6-2-11-22(14-18)24(27)17-26-13-5-8-19-7-3-9-20(15-19)21-10-4-12-23(16-21)25(28)29/h2-4,6-7,9-12,14-16,24,26-27H,5,8,13,17H2,1H3,(H,28,29)/t24-/m0/s1/i13D2,17D2. The molecule has 0 bridgehead atoms. The molecule has 0 spiro atoms. The molecule has 0 aromatic heterocycles. The number of carbonyl (C=O) groups is 1. The van der Waals surface area contributed by atoms with Crippen LogP contribution in [-0.2, 0) is 6.42 Å². The quantitative estimate of drug-likeness (QED) is 0.496. The molecular weight excluding hydrogens is 362 g/mol. The average Bonchev–Trinajstić information content (AvgIpc) is 2.77. The molecule has 1 atom stereocenters. The minimum atomic E-state index is -2.38. The van der Waals surface area contributed by atoms with Gasteiger partial charge in [-0.25, -0.2) is 4.79 Å². The molecule has 3 aromatic rings. The van der Waals surface area contributed by atoms with Gasteiger partial charge in [0.05, 0.1) is 11.7 Å². The molecule has 0 unspecified atom stereocenters. The van der Waals surface area contributed by atoms with Crippen LogP contribution in [-0.4, -0.2) is 29.2 Å². The van der Waals surface area contributed by atoms with Crippen molar-refractivity contribution >= 4 is 5.97 Å². The Balaban J connectivity index is 1.69. The zero-order valence-electron chi connectivity index (χ0n) is 20.2. The Morgan fingerprint density at radius 3 is 2.52 bits per heavy atom. The minimum Gasteiger partial charge on any atom is -0.478 e. The number of aryl methyl sites for hydroxylation is 2. The highest BCUT2D eigenvalue weighted by Gasteiger charge is 2.07. The third kappa shape index (κ3) is 6.01. The number of aromatic carboxylic acids is 1. The van der Waals surface area contributed by atoms with E-state index in [1.807, 2.05) is 43.3 Å². The SMILES string of the molecule is [2H]C([2H])(CCc1cccc(-c2cccc(C(=O)O)c2)c1)NC([2H])([2H])[C@H](O)c1cccc(C)c1. The highest BCUT2D eigenvalue weighted by Crippen LogP contribution is 2.22. The maximum Gasteiger partial charge on any atom is 0.335 e. The summed E-state index contributed by atoms with van der Waals surface area (Å²) < 4.78 is 32.9. The Labute approximate surface area is 177 Å². The van der Waals surface area contributed by atoms with E-state index >= 15 is 0 Å². The van der Waals surface area contributed by atoms with Crippen LogP contribution in [0.5, 0.6) is 0 Å². The molecule has 0 fully saturated rings. The lowest BCUT2D eigenvalue weighted by molar-refractivity contribution is 0.0697. The fourth-order valence-corrected chi connectivity index (χ4v) is 3.05. The van der Waals surface area contributed by atoms with Crippen molar-refractivity contribution in [2.75, 3.05) is 13.0 Å². The predicted molar refractivity (Wildman–Crippen MR) is 116 cm³/mol. The number of rotatable bonds is 9. The Kier molecular flexibility index (Phi) is 5.49. The van der Waals surface area contributed by atoms with E-state index in [4.69, 9.17) is 5.48 Å².